The average Bonchev–Trinajstić information content (AvgIpc) is 2.49. The van der Waals surface area contributed by atoms with E-state index in [9.17, 15) is 9.59 Å². The molecule has 0 aliphatic rings. The Balaban J connectivity index is 2.03. The quantitative estimate of drug-likeness (QED) is 0.752. The molecule has 1 heterocycles. The molecule has 0 unspecified atom stereocenters. The van der Waals surface area contributed by atoms with Gasteiger partial charge in [0.25, 0.3) is 5.56 Å². The molecule has 0 atom stereocenters. The van der Waals surface area contributed by atoms with E-state index in [1.54, 1.807) is 12.1 Å². The van der Waals surface area contributed by atoms with Crippen LogP contribution in [-0.2, 0) is 6.42 Å². The minimum atomic E-state index is -0.974. The Labute approximate surface area is 134 Å². The molecule has 3 aromatic rings. The highest BCUT2D eigenvalue weighted by molar-refractivity contribution is 9.10. The number of carbonyl (C=O) groups is 1. The Hall–Kier alpha value is -2.40. The van der Waals surface area contributed by atoms with Crippen LogP contribution >= 0.6 is 15.9 Å². The molecular weight excluding hydrogens is 346 g/mol. The van der Waals surface area contributed by atoms with Crippen molar-refractivity contribution in [2.24, 2.45) is 0 Å². The largest absolute Gasteiger partial charge is 0.478 e. The monoisotopic (exact) mass is 357 g/mol. The number of pyridine rings is 1. The third-order valence-corrected chi connectivity index (χ3v) is 3.94. The molecule has 0 saturated heterocycles. The normalized spacial score (nSPS) is 10.8. The van der Waals surface area contributed by atoms with E-state index in [0.717, 1.165) is 20.9 Å². The maximum absolute atomic E-state index is 12.2. The second-order valence-electron chi connectivity index (χ2n) is 5.04. The van der Waals surface area contributed by atoms with Crippen LogP contribution in [0, 0.1) is 0 Å². The Morgan fingerprint density at radius 3 is 2.73 bits per heavy atom. The van der Waals surface area contributed by atoms with Gasteiger partial charge in [-0.25, -0.2) is 4.79 Å². The van der Waals surface area contributed by atoms with Crippen LogP contribution in [-0.4, -0.2) is 16.1 Å². The van der Waals surface area contributed by atoms with E-state index in [2.05, 4.69) is 20.9 Å². The van der Waals surface area contributed by atoms with Crippen molar-refractivity contribution < 1.29 is 9.90 Å². The Morgan fingerprint density at radius 1 is 1.14 bits per heavy atom. The molecule has 0 amide bonds. The first-order valence-electron chi connectivity index (χ1n) is 6.66. The second kappa shape index (κ2) is 5.77. The molecular formula is C17H12BrNO3. The molecule has 0 aliphatic heterocycles. The molecule has 3 rings (SSSR count). The van der Waals surface area contributed by atoms with Crippen LogP contribution in [0.2, 0.25) is 0 Å². The summed E-state index contributed by atoms with van der Waals surface area (Å²) in [5.74, 6) is -0.974. The minimum absolute atomic E-state index is 0.157. The predicted molar refractivity (Wildman–Crippen MR) is 88.5 cm³/mol. The van der Waals surface area contributed by atoms with Crippen LogP contribution in [0.15, 0.2) is 57.8 Å². The van der Waals surface area contributed by atoms with Gasteiger partial charge in [0.1, 0.15) is 0 Å². The predicted octanol–water partition coefficient (Wildman–Crippen LogP) is 3.58. The van der Waals surface area contributed by atoms with Crippen LogP contribution in [0.3, 0.4) is 0 Å². The van der Waals surface area contributed by atoms with Crippen LogP contribution in [0.4, 0.5) is 0 Å². The second-order valence-corrected chi connectivity index (χ2v) is 5.95. The van der Waals surface area contributed by atoms with Gasteiger partial charge < -0.3 is 10.1 Å². The van der Waals surface area contributed by atoms with Gasteiger partial charge in [0.05, 0.1) is 5.56 Å². The molecule has 2 aromatic carbocycles. The van der Waals surface area contributed by atoms with Crippen molar-refractivity contribution >= 4 is 32.8 Å². The number of aromatic nitrogens is 1. The van der Waals surface area contributed by atoms with E-state index in [4.69, 9.17) is 5.11 Å². The van der Waals surface area contributed by atoms with E-state index in [-0.39, 0.29) is 11.1 Å². The van der Waals surface area contributed by atoms with Crippen molar-refractivity contribution in [2.75, 3.05) is 0 Å². The number of nitrogens with one attached hydrogen (secondary N) is 1. The summed E-state index contributed by atoms with van der Waals surface area (Å²) in [6.45, 7) is 0. The van der Waals surface area contributed by atoms with Crippen LogP contribution in [0.25, 0.3) is 10.9 Å². The number of rotatable bonds is 3. The van der Waals surface area contributed by atoms with E-state index in [1.165, 1.54) is 6.07 Å². The molecule has 0 radical (unpaired) electrons. The van der Waals surface area contributed by atoms with Crippen LogP contribution in [0.5, 0.6) is 0 Å². The minimum Gasteiger partial charge on any atom is -0.478 e. The fraction of sp³-hybridized carbons (Fsp3) is 0.0588. The average molecular weight is 358 g/mol. The lowest BCUT2D eigenvalue weighted by Crippen LogP contribution is -2.12. The van der Waals surface area contributed by atoms with Gasteiger partial charge in [-0.15, -0.1) is 0 Å². The number of fused-ring (bicyclic) bond motifs is 1. The van der Waals surface area contributed by atoms with Gasteiger partial charge in [-0.05, 0) is 47.3 Å². The van der Waals surface area contributed by atoms with Gasteiger partial charge >= 0.3 is 5.97 Å². The Bertz CT molecular complexity index is 931. The van der Waals surface area contributed by atoms with Crippen molar-refractivity contribution in [3.8, 4) is 0 Å². The lowest BCUT2D eigenvalue weighted by molar-refractivity contribution is 0.0697. The summed E-state index contributed by atoms with van der Waals surface area (Å²) < 4.78 is 0.936. The molecule has 5 heteroatoms. The molecule has 1 aromatic heterocycles. The van der Waals surface area contributed by atoms with E-state index in [0.29, 0.717) is 12.0 Å². The van der Waals surface area contributed by atoms with Gasteiger partial charge in [-0.3, -0.25) is 4.79 Å². The first-order chi connectivity index (χ1) is 10.5. The molecule has 0 saturated carbocycles. The van der Waals surface area contributed by atoms with E-state index >= 15 is 0 Å². The molecule has 4 nitrogen and oxygen atoms in total. The van der Waals surface area contributed by atoms with Crippen molar-refractivity contribution in [1.82, 2.24) is 4.98 Å². The number of halogens is 1. The Kier molecular flexibility index (Phi) is 3.81. The molecule has 0 spiro atoms. The molecule has 110 valence electrons. The lowest BCUT2D eigenvalue weighted by Gasteiger charge is -2.05. The highest BCUT2D eigenvalue weighted by atomic mass is 79.9. The molecule has 0 bridgehead atoms. The number of benzene rings is 2. The lowest BCUT2D eigenvalue weighted by atomic mass is 10.0. The van der Waals surface area contributed by atoms with Gasteiger partial charge in [0, 0.05) is 22.0 Å². The molecule has 2 N–H and O–H groups in total. The maximum atomic E-state index is 12.2. The van der Waals surface area contributed by atoms with Gasteiger partial charge in [-0.2, -0.15) is 0 Å². The number of hydrogen-bond acceptors (Lipinski definition) is 2. The summed E-state index contributed by atoms with van der Waals surface area (Å²) in [5, 5.41) is 9.96. The highest BCUT2D eigenvalue weighted by Gasteiger charge is 2.07. The summed E-state index contributed by atoms with van der Waals surface area (Å²) in [5.41, 5.74) is 2.23. The number of hydrogen-bond donors (Lipinski definition) is 2. The Morgan fingerprint density at radius 2 is 1.95 bits per heavy atom. The summed E-state index contributed by atoms with van der Waals surface area (Å²) in [6.07, 6.45) is 0.388. The summed E-state index contributed by atoms with van der Waals surface area (Å²) in [4.78, 5) is 26.0. The zero-order chi connectivity index (χ0) is 15.7. The van der Waals surface area contributed by atoms with Gasteiger partial charge in [0.15, 0.2) is 0 Å². The zero-order valence-corrected chi connectivity index (χ0v) is 13.1. The highest BCUT2D eigenvalue weighted by Crippen LogP contribution is 2.19. The van der Waals surface area contributed by atoms with Crippen molar-refractivity contribution in [3.05, 3.63) is 80.0 Å². The van der Waals surface area contributed by atoms with Crippen molar-refractivity contribution in [1.29, 1.82) is 0 Å². The van der Waals surface area contributed by atoms with E-state index < -0.39 is 5.97 Å². The summed E-state index contributed by atoms with van der Waals surface area (Å²) in [7, 11) is 0. The van der Waals surface area contributed by atoms with E-state index in [1.807, 2.05) is 30.3 Å². The van der Waals surface area contributed by atoms with Crippen LogP contribution in [0.1, 0.15) is 21.5 Å². The molecule has 0 fully saturated rings. The summed E-state index contributed by atoms with van der Waals surface area (Å²) >= 11 is 3.41. The SMILES string of the molecule is O=C(O)c1cccc(Cc2cc3cc(Br)ccc3[nH]c2=O)c1. The van der Waals surface area contributed by atoms with Gasteiger partial charge in [-0.1, -0.05) is 28.1 Å². The van der Waals surface area contributed by atoms with Crippen molar-refractivity contribution in [3.63, 3.8) is 0 Å². The smallest absolute Gasteiger partial charge is 0.335 e. The zero-order valence-electron chi connectivity index (χ0n) is 11.5. The fourth-order valence-electron chi connectivity index (χ4n) is 2.39. The standard InChI is InChI=1S/C17H12BrNO3/c18-14-4-5-15-12(9-14)8-13(16(20)19-15)7-10-2-1-3-11(6-10)17(21)22/h1-6,8-9H,7H2,(H,19,20)(H,21,22). The van der Waals surface area contributed by atoms with Crippen LogP contribution < -0.4 is 5.56 Å². The fourth-order valence-corrected chi connectivity index (χ4v) is 2.77. The number of H-pyrrole nitrogens is 1. The van der Waals surface area contributed by atoms with Crippen molar-refractivity contribution in [2.45, 2.75) is 6.42 Å². The first-order valence-corrected chi connectivity index (χ1v) is 7.46. The topological polar surface area (TPSA) is 70.2 Å². The number of aromatic amines is 1. The molecule has 22 heavy (non-hydrogen) atoms. The number of aromatic carboxylic acids is 1. The van der Waals surface area contributed by atoms with Gasteiger partial charge in [0.2, 0.25) is 0 Å². The maximum Gasteiger partial charge on any atom is 0.335 e. The molecule has 0 aliphatic carbocycles. The number of carboxylic acids is 1. The third kappa shape index (κ3) is 2.94. The number of carboxylic acid groups (broad SMARTS) is 1. The summed E-state index contributed by atoms with van der Waals surface area (Å²) in [6, 6.07) is 14.1. The third-order valence-electron chi connectivity index (χ3n) is 3.45. The first kappa shape index (κ1) is 14.5.